The quantitative estimate of drug-likeness (QED) is 0.862. The topological polar surface area (TPSA) is 63.8 Å². The first-order valence-corrected chi connectivity index (χ1v) is 6.01. The van der Waals surface area contributed by atoms with Crippen molar-refractivity contribution in [1.29, 1.82) is 0 Å². The molecule has 0 saturated carbocycles. The van der Waals surface area contributed by atoms with Gasteiger partial charge in [-0.2, -0.15) is 0 Å². The summed E-state index contributed by atoms with van der Waals surface area (Å²) in [5.74, 6) is 0.676. The van der Waals surface area contributed by atoms with Gasteiger partial charge in [0.2, 0.25) is 5.95 Å². The van der Waals surface area contributed by atoms with Crippen LogP contribution in [0.25, 0.3) is 0 Å². The summed E-state index contributed by atoms with van der Waals surface area (Å²) in [6.45, 7) is 5.23. The van der Waals surface area contributed by atoms with Crippen LogP contribution in [-0.4, -0.2) is 9.97 Å². The molecule has 0 atom stereocenters. The molecule has 1 aromatic heterocycles. The number of aromatic nitrogens is 2. The van der Waals surface area contributed by atoms with Gasteiger partial charge in [-0.05, 0) is 31.0 Å². The first kappa shape index (κ1) is 12.5. The Morgan fingerprint density at radius 3 is 2.11 bits per heavy atom. The lowest BCUT2D eigenvalue weighted by Gasteiger charge is -2.07. The zero-order valence-electron chi connectivity index (χ0n) is 10.8. The van der Waals surface area contributed by atoms with E-state index in [1.807, 2.05) is 32.0 Å². The van der Waals surface area contributed by atoms with E-state index < -0.39 is 0 Å². The molecule has 0 unspecified atom stereocenters. The van der Waals surface area contributed by atoms with E-state index in [1.54, 1.807) is 0 Å². The Kier molecular flexibility index (Phi) is 3.89. The number of benzene rings is 1. The summed E-state index contributed by atoms with van der Waals surface area (Å²) in [4.78, 5) is 8.68. The molecule has 0 aliphatic carbocycles. The Morgan fingerprint density at radius 1 is 1.00 bits per heavy atom. The monoisotopic (exact) mass is 242 g/mol. The minimum Gasteiger partial charge on any atom is -0.350 e. The molecule has 2 aromatic rings. The van der Waals surface area contributed by atoms with Crippen molar-refractivity contribution < 1.29 is 0 Å². The molecular weight excluding hydrogens is 224 g/mol. The van der Waals surface area contributed by atoms with Gasteiger partial charge in [0.05, 0.1) is 0 Å². The maximum absolute atomic E-state index is 5.56. The average Bonchev–Trinajstić information content (AvgIpc) is 2.36. The van der Waals surface area contributed by atoms with E-state index >= 15 is 0 Å². The van der Waals surface area contributed by atoms with E-state index in [0.717, 1.165) is 17.0 Å². The molecule has 18 heavy (non-hydrogen) atoms. The fraction of sp³-hybridized carbons (Fsp3) is 0.286. The van der Waals surface area contributed by atoms with Crippen LogP contribution in [-0.2, 0) is 13.1 Å². The van der Waals surface area contributed by atoms with Crippen molar-refractivity contribution in [3.8, 4) is 0 Å². The van der Waals surface area contributed by atoms with Gasteiger partial charge >= 0.3 is 0 Å². The molecule has 0 aliphatic heterocycles. The van der Waals surface area contributed by atoms with Gasteiger partial charge in [-0.25, -0.2) is 9.97 Å². The largest absolute Gasteiger partial charge is 0.350 e. The summed E-state index contributed by atoms with van der Waals surface area (Å²) in [6, 6.07) is 10.2. The van der Waals surface area contributed by atoms with Gasteiger partial charge in [0.15, 0.2) is 0 Å². The summed E-state index contributed by atoms with van der Waals surface area (Å²) in [5.41, 5.74) is 9.84. The van der Waals surface area contributed by atoms with Gasteiger partial charge in [-0.1, -0.05) is 24.3 Å². The number of nitrogens with one attached hydrogen (secondary N) is 1. The number of rotatable bonds is 4. The van der Waals surface area contributed by atoms with Crippen molar-refractivity contribution in [2.24, 2.45) is 5.73 Å². The minimum atomic E-state index is 0.577. The normalized spacial score (nSPS) is 10.4. The Labute approximate surface area is 107 Å². The molecule has 0 aliphatic rings. The lowest BCUT2D eigenvalue weighted by molar-refractivity contribution is 1.000. The van der Waals surface area contributed by atoms with Gasteiger partial charge in [-0.3, -0.25) is 0 Å². The first-order chi connectivity index (χ1) is 8.67. The van der Waals surface area contributed by atoms with E-state index in [9.17, 15) is 0 Å². The number of hydrogen-bond donors (Lipinski definition) is 2. The number of nitrogens with two attached hydrogens (primary N) is 1. The second-order valence-electron chi connectivity index (χ2n) is 4.35. The second kappa shape index (κ2) is 5.60. The molecule has 0 saturated heterocycles. The SMILES string of the molecule is Cc1cc(C)nc(NCc2ccc(CN)cc2)n1. The molecule has 2 rings (SSSR count). The van der Waals surface area contributed by atoms with Gasteiger partial charge < -0.3 is 11.1 Å². The van der Waals surface area contributed by atoms with Crippen LogP contribution in [0.5, 0.6) is 0 Å². The van der Waals surface area contributed by atoms with E-state index in [0.29, 0.717) is 19.0 Å². The van der Waals surface area contributed by atoms with Crippen molar-refractivity contribution in [2.75, 3.05) is 5.32 Å². The highest BCUT2D eigenvalue weighted by molar-refractivity contribution is 5.31. The summed E-state index contributed by atoms with van der Waals surface area (Å²) in [6.07, 6.45) is 0. The molecule has 1 heterocycles. The maximum Gasteiger partial charge on any atom is 0.223 e. The van der Waals surface area contributed by atoms with Crippen LogP contribution >= 0.6 is 0 Å². The smallest absolute Gasteiger partial charge is 0.223 e. The molecule has 0 fully saturated rings. The predicted octanol–water partition coefficient (Wildman–Crippen LogP) is 2.16. The first-order valence-electron chi connectivity index (χ1n) is 6.01. The highest BCUT2D eigenvalue weighted by atomic mass is 15.1. The van der Waals surface area contributed by atoms with Gasteiger partial charge in [-0.15, -0.1) is 0 Å². The standard InChI is InChI=1S/C14H18N4/c1-10-7-11(2)18-14(17-10)16-9-13-5-3-12(8-15)4-6-13/h3-7H,8-9,15H2,1-2H3,(H,16,17,18). The highest BCUT2D eigenvalue weighted by Crippen LogP contribution is 2.08. The van der Waals surface area contributed by atoms with Gasteiger partial charge in [0, 0.05) is 24.5 Å². The number of hydrogen-bond acceptors (Lipinski definition) is 4. The van der Waals surface area contributed by atoms with E-state index in [1.165, 1.54) is 5.56 Å². The summed E-state index contributed by atoms with van der Waals surface area (Å²) in [5, 5.41) is 3.23. The minimum absolute atomic E-state index is 0.577. The molecule has 4 nitrogen and oxygen atoms in total. The molecule has 4 heteroatoms. The lowest BCUT2D eigenvalue weighted by atomic mass is 10.1. The molecule has 0 radical (unpaired) electrons. The van der Waals surface area contributed by atoms with Crippen LogP contribution in [0.1, 0.15) is 22.5 Å². The fourth-order valence-electron chi connectivity index (χ4n) is 1.78. The van der Waals surface area contributed by atoms with Crippen molar-refractivity contribution in [2.45, 2.75) is 26.9 Å². The summed E-state index contributed by atoms with van der Waals surface area (Å²) in [7, 11) is 0. The number of nitrogens with zero attached hydrogens (tertiary/aromatic N) is 2. The molecule has 0 bridgehead atoms. The second-order valence-corrected chi connectivity index (χ2v) is 4.35. The van der Waals surface area contributed by atoms with Gasteiger partial charge in [0.25, 0.3) is 0 Å². The van der Waals surface area contributed by atoms with Crippen molar-refractivity contribution in [3.05, 3.63) is 52.8 Å². The van der Waals surface area contributed by atoms with Crippen LogP contribution in [0, 0.1) is 13.8 Å². The molecule has 0 spiro atoms. The predicted molar refractivity (Wildman–Crippen MR) is 73.2 cm³/mol. The van der Waals surface area contributed by atoms with Crippen molar-refractivity contribution in [3.63, 3.8) is 0 Å². The average molecular weight is 242 g/mol. The third-order valence-corrected chi connectivity index (χ3v) is 2.69. The Hall–Kier alpha value is -1.94. The highest BCUT2D eigenvalue weighted by Gasteiger charge is 1.99. The van der Waals surface area contributed by atoms with Crippen molar-refractivity contribution >= 4 is 5.95 Å². The molecule has 94 valence electrons. The van der Waals surface area contributed by atoms with Crippen LogP contribution in [0.4, 0.5) is 5.95 Å². The van der Waals surface area contributed by atoms with E-state index in [2.05, 4.69) is 27.4 Å². The van der Waals surface area contributed by atoms with Gasteiger partial charge in [0.1, 0.15) is 0 Å². The number of aryl methyl sites for hydroxylation is 2. The maximum atomic E-state index is 5.56. The molecule has 0 amide bonds. The van der Waals surface area contributed by atoms with Crippen molar-refractivity contribution in [1.82, 2.24) is 9.97 Å². The third-order valence-electron chi connectivity index (χ3n) is 2.69. The Morgan fingerprint density at radius 2 is 1.56 bits per heavy atom. The summed E-state index contributed by atoms with van der Waals surface area (Å²) >= 11 is 0. The lowest BCUT2D eigenvalue weighted by Crippen LogP contribution is -2.05. The van der Waals surface area contributed by atoms with E-state index in [-0.39, 0.29) is 0 Å². The fourth-order valence-corrected chi connectivity index (χ4v) is 1.78. The zero-order chi connectivity index (χ0) is 13.0. The molecule has 3 N–H and O–H groups in total. The Balaban J connectivity index is 2.01. The van der Waals surface area contributed by atoms with Crippen LogP contribution < -0.4 is 11.1 Å². The van der Waals surface area contributed by atoms with Crippen LogP contribution in [0.3, 0.4) is 0 Å². The van der Waals surface area contributed by atoms with E-state index in [4.69, 9.17) is 5.73 Å². The van der Waals surface area contributed by atoms with Crippen LogP contribution in [0.2, 0.25) is 0 Å². The number of anilines is 1. The third kappa shape index (κ3) is 3.28. The zero-order valence-corrected chi connectivity index (χ0v) is 10.8. The Bertz CT molecular complexity index is 500. The molecular formula is C14H18N4. The van der Waals surface area contributed by atoms with Crippen LogP contribution in [0.15, 0.2) is 30.3 Å². The summed E-state index contributed by atoms with van der Waals surface area (Å²) < 4.78 is 0. The molecule has 1 aromatic carbocycles.